The van der Waals surface area contributed by atoms with Crippen LogP contribution in [0.3, 0.4) is 0 Å². The summed E-state index contributed by atoms with van der Waals surface area (Å²) in [7, 11) is 2.71. The molecule has 0 aromatic heterocycles. The van der Waals surface area contributed by atoms with Crippen LogP contribution in [0.2, 0.25) is 0 Å². The van der Waals surface area contributed by atoms with Crippen LogP contribution in [-0.4, -0.2) is 152 Å². The molecule has 2 aromatic carbocycles. The van der Waals surface area contributed by atoms with E-state index in [-0.39, 0.29) is 71.5 Å². The van der Waals surface area contributed by atoms with Gasteiger partial charge in [-0.2, -0.15) is 0 Å². The number of guanidine groups is 1. The summed E-state index contributed by atoms with van der Waals surface area (Å²) >= 11 is 0. The Kier molecular flexibility index (Phi) is 14.3. The molecule has 1 saturated heterocycles. The number of rotatable bonds is 14. The van der Waals surface area contributed by atoms with E-state index in [0.717, 1.165) is 28.7 Å². The van der Waals surface area contributed by atoms with Gasteiger partial charge in [-0.3, -0.25) is 29.1 Å². The number of aliphatic imine (C=N–C) groups is 1. The summed E-state index contributed by atoms with van der Waals surface area (Å²) in [5.41, 5.74) is 16.5. The number of ether oxygens (including phenoxy) is 3. The highest BCUT2D eigenvalue weighted by Crippen LogP contribution is 2.57. The number of fused-ring (bicyclic) bond motifs is 3. The van der Waals surface area contributed by atoms with Gasteiger partial charge in [0, 0.05) is 79.3 Å². The van der Waals surface area contributed by atoms with Gasteiger partial charge in [-0.1, -0.05) is 12.2 Å². The Bertz CT molecular complexity index is 2840. The van der Waals surface area contributed by atoms with Crippen molar-refractivity contribution < 1.29 is 74.2 Å². The first kappa shape index (κ1) is 52.2. The number of aliphatic hydroxyl groups excluding tert-OH is 5. The van der Waals surface area contributed by atoms with Crippen molar-refractivity contribution in [1.29, 1.82) is 0 Å². The van der Waals surface area contributed by atoms with Gasteiger partial charge in [-0.05, 0) is 90.7 Å². The van der Waals surface area contributed by atoms with E-state index in [9.17, 15) is 50.4 Å². The van der Waals surface area contributed by atoms with Crippen molar-refractivity contribution in [3.63, 3.8) is 0 Å². The van der Waals surface area contributed by atoms with E-state index in [0.29, 0.717) is 47.9 Å². The molecule has 4 heterocycles. The van der Waals surface area contributed by atoms with Crippen molar-refractivity contribution in [2.45, 2.75) is 93.1 Å². The Hall–Kier alpha value is -6.67. The van der Waals surface area contributed by atoms with Gasteiger partial charge < -0.3 is 88.2 Å². The lowest BCUT2D eigenvalue weighted by Gasteiger charge is -2.53. The van der Waals surface area contributed by atoms with Crippen LogP contribution < -0.4 is 42.6 Å². The van der Waals surface area contributed by atoms with Gasteiger partial charge in [0.25, 0.3) is 11.8 Å². The van der Waals surface area contributed by atoms with Crippen LogP contribution in [-0.2, 0) is 27.4 Å². The van der Waals surface area contributed by atoms with Gasteiger partial charge in [-0.15, -0.1) is 0 Å². The summed E-state index contributed by atoms with van der Waals surface area (Å²) in [4.78, 5) is 61.5. The smallest absolute Gasteiger partial charge is 0.253 e. The molecule has 0 saturated carbocycles. The molecule has 23 heteroatoms. The zero-order valence-electron chi connectivity index (χ0n) is 40.7. The van der Waals surface area contributed by atoms with E-state index in [4.69, 9.17) is 31.4 Å². The number of aliphatic hydroxyl groups is 7. The van der Waals surface area contributed by atoms with Gasteiger partial charge in [-0.25, -0.2) is 0 Å². The van der Waals surface area contributed by atoms with E-state index in [1.165, 1.54) is 20.2 Å². The quantitative estimate of drug-likeness (QED) is 0.0478. The van der Waals surface area contributed by atoms with Gasteiger partial charge in [0.2, 0.25) is 17.9 Å². The number of dihydropyridines is 2. The number of phenols is 1. The summed E-state index contributed by atoms with van der Waals surface area (Å²) in [6.45, 7) is -2.65. The average molecular weight is 1030 g/mol. The van der Waals surface area contributed by atoms with Crippen molar-refractivity contribution in [2.75, 3.05) is 40.5 Å². The van der Waals surface area contributed by atoms with Crippen LogP contribution >= 0.6 is 0 Å². The van der Waals surface area contributed by atoms with Crippen LogP contribution in [0.5, 0.6) is 17.2 Å². The second-order valence-electron chi connectivity index (χ2n) is 19.7. The SMILES string of the molecule is CN=C(N)N[C@@H]1CC[C@H]2c3c(c4c(c(O)c31)C(=O)c1c(O[C@@H]3O[C@](O)(CO)[C@](O)(C[C@H](CN5C(=O)C=CC5=O)C5=CCNC(N)=C5)[C@H](O)[C@H]3O)cc(OC)c(CO)c1C4=O)CC[C@@H](CCO)[C@H]2C1=CNC(N)C=C1. The Labute approximate surface area is 424 Å². The monoisotopic (exact) mass is 1030 g/mol. The Balaban J connectivity index is 1.15. The molecule has 4 aliphatic heterocycles. The van der Waals surface area contributed by atoms with Gasteiger partial charge in [0.05, 0.1) is 42.9 Å². The largest absolute Gasteiger partial charge is 0.507 e. The molecule has 3 aliphatic carbocycles. The van der Waals surface area contributed by atoms with Crippen LogP contribution in [0, 0.1) is 17.8 Å². The maximum Gasteiger partial charge on any atom is 0.253 e. The molecule has 1 unspecified atom stereocenters. The minimum absolute atomic E-state index is 0.0411. The summed E-state index contributed by atoms with van der Waals surface area (Å²) < 4.78 is 17.6. The molecular formula is C51H62N8O15. The van der Waals surface area contributed by atoms with Crippen molar-refractivity contribution >= 4 is 29.3 Å². The highest BCUT2D eigenvalue weighted by atomic mass is 16.8. The second kappa shape index (κ2) is 20.2. The molecule has 17 N–H and O–H groups in total. The highest BCUT2D eigenvalue weighted by Gasteiger charge is 2.65. The summed E-state index contributed by atoms with van der Waals surface area (Å²) in [5.74, 6) is -9.25. The van der Waals surface area contributed by atoms with Gasteiger partial charge >= 0.3 is 0 Å². The topological polar surface area (TPSA) is 388 Å². The first-order chi connectivity index (χ1) is 35.3. The number of methoxy groups -OCH3 is 1. The van der Waals surface area contributed by atoms with Crippen molar-refractivity contribution in [3.8, 4) is 17.2 Å². The summed E-state index contributed by atoms with van der Waals surface area (Å²) in [6, 6.07) is 0.388. The molecule has 74 heavy (non-hydrogen) atoms. The lowest BCUT2D eigenvalue weighted by Crippen LogP contribution is -2.75. The number of hydrogen-bond donors (Lipinski definition) is 14. The van der Waals surface area contributed by atoms with E-state index in [2.05, 4.69) is 20.9 Å². The third-order valence-electron chi connectivity index (χ3n) is 15.7. The first-order valence-electron chi connectivity index (χ1n) is 24.4. The number of nitrogens with zero attached hydrogens (tertiary/aromatic N) is 2. The molecule has 396 valence electrons. The maximum atomic E-state index is 15.6. The van der Waals surface area contributed by atoms with Crippen molar-refractivity contribution in [3.05, 3.63) is 110 Å². The van der Waals surface area contributed by atoms with Crippen LogP contribution in [0.25, 0.3) is 0 Å². The number of carbonyl (C=O) groups is 4. The Morgan fingerprint density at radius 2 is 1.73 bits per heavy atom. The fourth-order valence-electron chi connectivity index (χ4n) is 12.2. The third kappa shape index (κ3) is 8.60. The van der Waals surface area contributed by atoms with E-state index < -0.39 is 120 Å². The number of carbonyl (C=O) groups excluding carboxylic acids is 4. The fraction of sp³-hybridized carbons (Fsp3) is 0.471. The molecule has 23 nitrogen and oxygen atoms in total. The average Bonchev–Trinajstić information content (AvgIpc) is 3.64. The molecule has 2 aromatic rings. The summed E-state index contributed by atoms with van der Waals surface area (Å²) in [5, 5.41) is 102. The number of allylic oxidation sites excluding steroid dienone is 3. The minimum Gasteiger partial charge on any atom is -0.507 e. The van der Waals surface area contributed by atoms with Crippen molar-refractivity contribution in [1.82, 2.24) is 20.9 Å². The normalized spacial score (nSPS) is 30.8. The molecule has 2 amide bonds. The molecule has 7 aliphatic rings. The first-order valence-corrected chi connectivity index (χ1v) is 24.4. The number of amides is 2. The van der Waals surface area contributed by atoms with E-state index in [1.807, 2.05) is 18.4 Å². The molecule has 0 spiro atoms. The lowest BCUT2D eigenvalue weighted by atomic mass is 9.65. The molecule has 0 bridgehead atoms. The number of phenolic OH excluding ortho intramolecular Hbond substituents is 1. The predicted octanol–water partition coefficient (Wildman–Crippen LogP) is -1.86. The summed E-state index contributed by atoms with van der Waals surface area (Å²) in [6.07, 6.45) is 4.50. The van der Waals surface area contributed by atoms with Gasteiger partial charge in [0.15, 0.2) is 11.7 Å². The van der Waals surface area contributed by atoms with Crippen molar-refractivity contribution in [2.24, 2.45) is 39.9 Å². The second-order valence-corrected chi connectivity index (χ2v) is 19.7. The number of ketones is 2. The van der Waals surface area contributed by atoms with Gasteiger partial charge in [0.1, 0.15) is 41.7 Å². The Morgan fingerprint density at radius 1 is 1.00 bits per heavy atom. The molecule has 9 rings (SSSR count). The van der Waals surface area contributed by atoms with E-state index in [1.54, 1.807) is 6.08 Å². The number of nitrogens with two attached hydrogens (primary N) is 3. The molecule has 11 atom stereocenters. The predicted molar refractivity (Wildman–Crippen MR) is 261 cm³/mol. The number of hydrogen-bond acceptors (Lipinski definition) is 20. The number of nitrogens with one attached hydrogen (secondary N) is 3. The minimum atomic E-state index is -3.20. The number of benzene rings is 2. The highest BCUT2D eigenvalue weighted by molar-refractivity contribution is 6.31. The third-order valence-corrected chi connectivity index (χ3v) is 15.7. The maximum absolute atomic E-state index is 15.6. The standard InChI is InChI=1S/C51H62N8O15/c1-55-49(54)58-29-7-6-26-36(24-4-8-32(52)57-18-24)22(12-14-60)3-5-27-37(26)40(29)44(66)42-38(27)43(65)39-28(20-61)30(72-2)16-31(41(39)45(42)67)73-48-46(68)47(69)50(70,51(71,21-62)74-48)17-25(23-11-13-56-33(53)15-23)19-59-34(63)9-10-35(59)64/h4,8-11,15-16,18,22,25-26,29,32,36,46-48,56-57,60-62,66,68-71H,3,5-7,12-14,17,19-21,52-53H2,1-2H3,(H3,54,55,58)/t22-,25+,26+,29+,32?,36-,46+,47+,48+,50-,51+/m0/s1. The zero-order chi connectivity index (χ0) is 53.1. The zero-order valence-corrected chi connectivity index (χ0v) is 40.7. The number of imide groups is 1. The lowest BCUT2D eigenvalue weighted by molar-refractivity contribution is -0.420. The molecule has 0 radical (unpaired) electrons. The fourth-order valence-corrected chi connectivity index (χ4v) is 12.2. The van der Waals surface area contributed by atoms with Crippen LogP contribution in [0.15, 0.2) is 70.7 Å². The molecular weight excluding hydrogens is 965 g/mol. The molecule has 1 fully saturated rings. The number of aromatic hydroxyl groups is 1. The van der Waals surface area contributed by atoms with E-state index >= 15 is 9.59 Å². The van der Waals surface area contributed by atoms with Crippen LogP contribution in [0.1, 0.15) is 98.2 Å². The Morgan fingerprint density at radius 3 is 2.36 bits per heavy atom. The van der Waals surface area contributed by atoms with Crippen LogP contribution in [0.4, 0.5) is 0 Å².